The van der Waals surface area contributed by atoms with Crippen LogP contribution in [0.3, 0.4) is 0 Å². The number of β-amino-alcohol motifs (C(OH)–C–C–N with tert-alkyl or cyclic N) is 1. The van der Waals surface area contributed by atoms with Crippen LogP contribution in [0.5, 0.6) is 0 Å². The summed E-state index contributed by atoms with van der Waals surface area (Å²) in [5, 5.41) is 23.6. The number of aliphatic hydroxyl groups is 1. The lowest BCUT2D eigenvalue weighted by atomic mass is 10.1. The number of amides is 1. The molecule has 7 nitrogen and oxygen atoms in total. The van der Waals surface area contributed by atoms with Gasteiger partial charge in [-0.1, -0.05) is 0 Å². The number of aliphatic hydroxyl groups excluding tert-OH is 1. The molecule has 0 aliphatic carbocycles. The Kier molecular flexibility index (Phi) is 4.01. The smallest absolute Gasteiger partial charge is 0.272 e. The lowest BCUT2D eigenvalue weighted by Gasteiger charge is -2.26. The Morgan fingerprint density at radius 2 is 2.20 bits per heavy atom. The van der Waals surface area contributed by atoms with Crippen molar-refractivity contribution < 1.29 is 14.8 Å². The Hall–Kier alpha value is -1.99. The van der Waals surface area contributed by atoms with E-state index in [0.29, 0.717) is 24.2 Å². The van der Waals surface area contributed by atoms with Gasteiger partial charge in [-0.2, -0.15) is 0 Å². The number of hydrogen-bond acceptors (Lipinski definition) is 5. The van der Waals surface area contributed by atoms with Crippen LogP contribution < -0.4 is 5.32 Å². The Labute approximate surface area is 116 Å². The highest BCUT2D eigenvalue weighted by molar-refractivity contribution is 5.94. The summed E-state index contributed by atoms with van der Waals surface area (Å²) in [5.41, 5.74) is 0.820. The number of carbonyl (C=O) groups is 1. The van der Waals surface area contributed by atoms with Gasteiger partial charge in [0.15, 0.2) is 0 Å². The van der Waals surface area contributed by atoms with Crippen LogP contribution in [0.2, 0.25) is 0 Å². The number of benzene rings is 1. The third-order valence-electron chi connectivity index (χ3n) is 3.61. The summed E-state index contributed by atoms with van der Waals surface area (Å²) in [4.78, 5) is 24.1. The minimum atomic E-state index is -0.594. The first-order valence-electron chi connectivity index (χ1n) is 6.33. The van der Waals surface area contributed by atoms with Crippen molar-refractivity contribution in [2.75, 3.05) is 20.1 Å². The van der Waals surface area contributed by atoms with Gasteiger partial charge in [0.2, 0.25) is 0 Å². The quantitative estimate of drug-likeness (QED) is 0.613. The molecule has 0 radical (unpaired) electrons. The van der Waals surface area contributed by atoms with Crippen LogP contribution in [0.1, 0.15) is 15.9 Å². The summed E-state index contributed by atoms with van der Waals surface area (Å²) in [7, 11) is 1.62. The molecule has 2 atom stereocenters. The molecule has 108 valence electrons. The van der Waals surface area contributed by atoms with Crippen LogP contribution in [0, 0.1) is 17.0 Å². The van der Waals surface area contributed by atoms with Gasteiger partial charge in [0.1, 0.15) is 0 Å². The minimum Gasteiger partial charge on any atom is -0.390 e. The standard InChI is InChI=1S/C13H17N3O4/c1-8-5-9(3-4-10(8)16(19)20)13(18)15(2)11-6-14-7-12(11)17/h3-5,11-12,14,17H,6-7H2,1-2H3/t11-,12-/m1/s1. The number of aryl methyl sites for hydroxylation is 1. The van der Waals surface area contributed by atoms with Gasteiger partial charge in [-0.3, -0.25) is 14.9 Å². The Morgan fingerprint density at radius 1 is 1.50 bits per heavy atom. The maximum atomic E-state index is 12.3. The molecule has 0 saturated carbocycles. The van der Waals surface area contributed by atoms with E-state index in [1.54, 1.807) is 14.0 Å². The van der Waals surface area contributed by atoms with Crippen LogP contribution in [0.15, 0.2) is 18.2 Å². The van der Waals surface area contributed by atoms with Gasteiger partial charge in [0.05, 0.1) is 17.1 Å². The van der Waals surface area contributed by atoms with Gasteiger partial charge in [0.25, 0.3) is 11.6 Å². The van der Waals surface area contributed by atoms with Crippen molar-refractivity contribution in [1.82, 2.24) is 10.2 Å². The first kappa shape index (κ1) is 14.4. The first-order valence-corrected chi connectivity index (χ1v) is 6.33. The van der Waals surface area contributed by atoms with Crippen molar-refractivity contribution in [2.45, 2.75) is 19.1 Å². The van der Waals surface area contributed by atoms with Crippen molar-refractivity contribution in [1.29, 1.82) is 0 Å². The van der Waals surface area contributed by atoms with Crippen molar-refractivity contribution in [3.63, 3.8) is 0 Å². The number of nitrogens with zero attached hydrogens (tertiary/aromatic N) is 2. The lowest BCUT2D eigenvalue weighted by molar-refractivity contribution is -0.385. The zero-order chi connectivity index (χ0) is 14.9. The zero-order valence-electron chi connectivity index (χ0n) is 11.4. The van der Waals surface area contributed by atoms with Gasteiger partial charge in [-0.05, 0) is 19.1 Å². The number of nitrogens with one attached hydrogen (secondary N) is 1. The molecule has 0 unspecified atom stereocenters. The van der Waals surface area contributed by atoms with Crippen LogP contribution in [-0.4, -0.2) is 53.1 Å². The molecule has 1 saturated heterocycles. The summed E-state index contributed by atoms with van der Waals surface area (Å²) < 4.78 is 0. The van der Waals surface area contributed by atoms with Crippen LogP contribution >= 0.6 is 0 Å². The predicted molar refractivity (Wildman–Crippen MR) is 72.6 cm³/mol. The Morgan fingerprint density at radius 3 is 2.70 bits per heavy atom. The predicted octanol–water partition coefficient (Wildman–Crippen LogP) is 0.308. The fourth-order valence-corrected chi connectivity index (χ4v) is 2.39. The van der Waals surface area contributed by atoms with Crippen molar-refractivity contribution in [3.8, 4) is 0 Å². The molecule has 2 rings (SSSR count). The number of rotatable bonds is 3. The minimum absolute atomic E-state index is 0.00762. The largest absolute Gasteiger partial charge is 0.390 e. The highest BCUT2D eigenvalue weighted by Crippen LogP contribution is 2.20. The molecule has 7 heteroatoms. The van der Waals surface area contributed by atoms with Crippen molar-refractivity contribution in [2.24, 2.45) is 0 Å². The molecule has 1 fully saturated rings. The third kappa shape index (κ3) is 2.63. The number of hydrogen-bond donors (Lipinski definition) is 2. The van der Waals surface area contributed by atoms with Crippen LogP contribution in [0.25, 0.3) is 0 Å². The average Bonchev–Trinajstić information content (AvgIpc) is 2.82. The SMILES string of the molecule is Cc1cc(C(=O)N(C)[C@@H]2CNC[C@H]2O)ccc1[N+](=O)[O-]. The molecule has 2 N–H and O–H groups in total. The van der Waals surface area contributed by atoms with Crippen LogP contribution in [0.4, 0.5) is 5.69 Å². The molecule has 1 amide bonds. The summed E-state index contributed by atoms with van der Waals surface area (Å²) in [6.07, 6.45) is -0.594. The van der Waals surface area contributed by atoms with E-state index in [1.807, 2.05) is 0 Å². The Bertz CT molecular complexity index is 546. The van der Waals surface area contributed by atoms with E-state index < -0.39 is 11.0 Å². The molecule has 1 aliphatic rings. The van der Waals surface area contributed by atoms with Crippen molar-refractivity contribution >= 4 is 11.6 Å². The van der Waals surface area contributed by atoms with E-state index in [9.17, 15) is 20.0 Å². The third-order valence-corrected chi connectivity index (χ3v) is 3.61. The molecular formula is C13H17N3O4. The van der Waals surface area contributed by atoms with Gasteiger partial charge in [-0.15, -0.1) is 0 Å². The van der Waals surface area contributed by atoms with E-state index in [0.717, 1.165) is 0 Å². The fraction of sp³-hybridized carbons (Fsp3) is 0.462. The highest BCUT2D eigenvalue weighted by Gasteiger charge is 2.31. The maximum Gasteiger partial charge on any atom is 0.272 e. The zero-order valence-corrected chi connectivity index (χ0v) is 11.4. The Balaban J connectivity index is 2.21. The van der Waals surface area contributed by atoms with E-state index in [-0.39, 0.29) is 17.6 Å². The highest BCUT2D eigenvalue weighted by atomic mass is 16.6. The second-order valence-corrected chi connectivity index (χ2v) is 4.97. The molecule has 0 aromatic heterocycles. The van der Waals surface area contributed by atoms with Gasteiger partial charge >= 0.3 is 0 Å². The van der Waals surface area contributed by atoms with Gasteiger partial charge < -0.3 is 15.3 Å². The number of likely N-dealkylation sites (N-methyl/N-ethyl adjacent to an activating group) is 1. The topological polar surface area (TPSA) is 95.7 Å². The first-order chi connectivity index (χ1) is 9.41. The van der Waals surface area contributed by atoms with Crippen LogP contribution in [-0.2, 0) is 0 Å². The van der Waals surface area contributed by atoms with E-state index in [4.69, 9.17) is 0 Å². The molecular weight excluding hydrogens is 262 g/mol. The van der Waals surface area contributed by atoms with Crippen molar-refractivity contribution in [3.05, 3.63) is 39.4 Å². The maximum absolute atomic E-state index is 12.3. The number of carbonyl (C=O) groups excluding carboxylic acids is 1. The molecule has 20 heavy (non-hydrogen) atoms. The normalized spacial score (nSPS) is 21.8. The molecule has 1 aromatic carbocycles. The van der Waals surface area contributed by atoms with E-state index in [1.165, 1.54) is 23.1 Å². The van der Waals surface area contributed by atoms with Gasteiger partial charge in [0, 0.05) is 37.3 Å². The number of nitro groups is 1. The van der Waals surface area contributed by atoms with Gasteiger partial charge in [-0.25, -0.2) is 0 Å². The average molecular weight is 279 g/mol. The van der Waals surface area contributed by atoms with E-state index >= 15 is 0 Å². The molecule has 1 heterocycles. The summed E-state index contributed by atoms with van der Waals surface area (Å²) >= 11 is 0. The molecule has 0 spiro atoms. The molecule has 1 aliphatic heterocycles. The van der Waals surface area contributed by atoms with E-state index in [2.05, 4.69) is 5.32 Å². The second kappa shape index (κ2) is 5.56. The second-order valence-electron chi connectivity index (χ2n) is 4.97. The molecule has 0 bridgehead atoms. The monoisotopic (exact) mass is 279 g/mol. The molecule has 1 aromatic rings. The summed E-state index contributed by atoms with van der Waals surface area (Å²) in [5.74, 6) is -0.254. The summed E-state index contributed by atoms with van der Waals surface area (Å²) in [6.45, 7) is 2.60. The fourth-order valence-electron chi connectivity index (χ4n) is 2.39. The number of nitro benzene ring substituents is 1. The summed E-state index contributed by atoms with van der Waals surface area (Å²) in [6, 6.07) is 4.00. The lowest BCUT2D eigenvalue weighted by Crippen LogP contribution is -2.44.